The summed E-state index contributed by atoms with van der Waals surface area (Å²) in [6, 6.07) is 21.9. The molecule has 3 rings (SSSR count). The van der Waals surface area contributed by atoms with Crippen molar-refractivity contribution in [1.29, 1.82) is 0 Å². The second kappa shape index (κ2) is 11.8. The first-order chi connectivity index (χ1) is 16.3. The predicted molar refractivity (Wildman–Crippen MR) is 131 cm³/mol. The van der Waals surface area contributed by atoms with Gasteiger partial charge in [-0.25, -0.2) is 4.79 Å². The van der Waals surface area contributed by atoms with Gasteiger partial charge in [-0.3, -0.25) is 14.4 Å². The van der Waals surface area contributed by atoms with Gasteiger partial charge in [0.25, 0.3) is 5.91 Å². The molecule has 0 aliphatic rings. The van der Waals surface area contributed by atoms with E-state index in [1.165, 1.54) is 16.7 Å². The van der Waals surface area contributed by atoms with Crippen LogP contribution in [0.5, 0.6) is 0 Å². The first-order valence-electron chi connectivity index (χ1n) is 10.4. The number of rotatable bonds is 9. The largest absolute Gasteiger partial charge is 0.454 e. The van der Waals surface area contributed by atoms with Crippen molar-refractivity contribution in [1.82, 2.24) is 4.90 Å². The van der Waals surface area contributed by atoms with Crippen LogP contribution < -0.4 is 5.32 Å². The highest BCUT2D eigenvalue weighted by molar-refractivity contribution is 8.00. The Labute approximate surface area is 202 Å². The Morgan fingerprint density at radius 2 is 1.47 bits per heavy atom. The molecule has 0 saturated heterocycles. The van der Waals surface area contributed by atoms with Gasteiger partial charge in [0.05, 0.1) is 11.3 Å². The first-order valence-corrected chi connectivity index (χ1v) is 11.4. The third-order valence-electron chi connectivity index (χ3n) is 4.79. The van der Waals surface area contributed by atoms with Crippen molar-refractivity contribution in [2.45, 2.75) is 4.90 Å². The topological polar surface area (TPSA) is 92.8 Å². The van der Waals surface area contributed by atoms with Crippen LogP contribution in [-0.2, 0) is 9.53 Å². The normalized spacial score (nSPS) is 10.3. The molecule has 0 aliphatic heterocycles. The highest BCUT2D eigenvalue weighted by Crippen LogP contribution is 2.23. The van der Waals surface area contributed by atoms with Crippen LogP contribution in [0.2, 0.25) is 0 Å². The zero-order valence-electron chi connectivity index (χ0n) is 18.8. The molecule has 0 saturated carbocycles. The van der Waals surface area contributed by atoms with Crippen molar-refractivity contribution in [2.24, 2.45) is 0 Å². The van der Waals surface area contributed by atoms with Crippen molar-refractivity contribution in [3.8, 4) is 0 Å². The van der Waals surface area contributed by atoms with Gasteiger partial charge in [0.1, 0.15) is 0 Å². The number of carbonyl (C=O) groups is 4. The number of carbonyl (C=O) groups excluding carboxylic acids is 4. The minimum absolute atomic E-state index is 0.0771. The zero-order valence-corrected chi connectivity index (χ0v) is 19.6. The lowest BCUT2D eigenvalue weighted by Gasteiger charge is -2.12. The third-order valence-corrected chi connectivity index (χ3v) is 5.85. The fraction of sp³-hybridized carbons (Fsp3) is 0.154. The lowest BCUT2D eigenvalue weighted by atomic mass is 10.1. The van der Waals surface area contributed by atoms with E-state index in [2.05, 4.69) is 5.32 Å². The van der Waals surface area contributed by atoms with Gasteiger partial charge in [-0.05, 0) is 48.5 Å². The maximum absolute atomic E-state index is 12.6. The molecule has 2 amide bonds. The van der Waals surface area contributed by atoms with E-state index >= 15 is 0 Å². The summed E-state index contributed by atoms with van der Waals surface area (Å²) in [5.41, 5.74) is 1.72. The van der Waals surface area contributed by atoms with Crippen LogP contribution in [0, 0.1) is 0 Å². The molecule has 34 heavy (non-hydrogen) atoms. The molecule has 0 aromatic heterocycles. The first kappa shape index (κ1) is 24.7. The molecule has 0 atom stereocenters. The standard InChI is InChI=1S/C26H24N2O5S/c1-28(2)24(30)17-34-23-11-7-6-10-21(23)26(32)33-16-22(29)18-12-14-20(15-13-18)27-25(31)19-8-4-3-5-9-19/h3-15H,16-17H2,1-2H3,(H,27,31). The van der Waals surface area contributed by atoms with E-state index in [4.69, 9.17) is 4.74 Å². The fourth-order valence-corrected chi connectivity index (χ4v) is 3.87. The molecule has 8 heteroatoms. The third kappa shape index (κ3) is 6.79. The SMILES string of the molecule is CN(C)C(=O)CSc1ccccc1C(=O)OCC(=O)c1ccc(NC(=O)c2ccccc2)cc1. The minimum atomic E-state index is -0.638. The molecule has 3 aromatic carbocycles. The molecule has 1 N–H and O–H groups in total. The summed E-state index contributed by atoms with van der Waals surface area (Å²) < 4.78 is 5.22. The molecular weight excluding hydrogens is 452 g/mol. The van der Waals surface area contributed by atoms with Gasteiger partial charge in [-0.1, -0.05) is 30.3 Å². The van der Waals surface area contributed by atoms with E-state index in [0.29, 0.717) is 27.3 Å². The molecule has 0 aliphatic carbocycles. The Morgan fingerprint density at radius 3 is 2.15 bits per heavy atom. The van der Waals surface area contributed by atoms with Crippen molar-refractivity contribution in [3.05, 3.63) is 95.6 Å². The van der Waals surface area contributed by atoms with Crippen molar-refractivity contribution in [3.63, 3.8) is 0 Å². The van der Waals surface area contributed by atoms with Gasteiger partial charge in [0, 0.05) is 35.8 Å². The van der Waals surface area contributed by atoms with E-state index in [1.807, 2.05) is 6.07 Å². The van der Waals surface area contributed by atoms with Gasteiger partial charge in [-0.15, -0.1) is 11.8 Å². The molecule has 0 unspecified atom stereocenters. The summed E-state index contributed by atoms with van der Waals surface area (Å²) in [7, 11) is 3.33. The van der Waals surface area contributed by atoms with Gasteiger partial charge < -0.3 is 15.0 Å². The Balaban J connectivity index is 1.56. The van der Waals surface area contributed by atoms with Crippen molar-refractivity contribution < 1.29 is 23.9 Å². The van der Waals surface area contributed by atoms with Crippen LogP contribution in [0.25, 0.3) is 0 Å². The minimum Gasteiger partial charge on any atom is -0.454 e. The summed E-state index contributed by atoms with van der Waals surface area (Å²) in [5, 5.41) is 2.76. The maximum Gasteiger partial charge on any atom is 0.339 e. The molecular formula is C26H24N2O5S. The van der Waals surface area contributed by atoms with Crippen LogP contribution >= 0.6 is 11.8 Å². The zero-order chi connectivity index (χ0) is 24.5. The van der Waals surface area contributed by atoms with Crippen molar-refractivity contribution >= 4 is 41.0 Å². The average molecular weight is 477 g/mol. The smallest absolute Gasteiger partial charge is 0.339 e. The second-order valence-corrected chi connectivity index (χ2v) is 8.49. The average Bonchev–Trinajstić information content (AvgIpc) is 2.86. The number of hydrogen-bond donors (Lipinski definition) is 1. The van der Waals surface area contributed by atoms with Crippen LogP contribution in [0.4, 0.5) is 5.69 Å². The molecule has 7 nitrogen and oxygen atoms in total. The molecule has 0 radical (unpaired) electrons. The Morgan fingerprint density at radius 1 is 0.824 bits per heavy atom. The second-order valence-electron chi connectivity index (χ2n) is 7.47. The molecule has 3 aromatic rings. The van der Waals surface area contributed by atoms with Gasteiger partial charge in [-0.2, -0.15) is 0 Å². The Hall–Kier alpha value is -3.91. The van der Waals surface area contributed by atoms with E-state index in [-0.39, 0.29) is 23.4 Å². The van der Waals surface area contributed by atoms with Crippen LogP contribution in [-0.4, -0.2) is 54.9 Å². The number of hydrogen-bond acceptors (Lipinski definition) is 6. The summed E-state index contributed by atoms with van der Waals surface area (Å²) in [5.74, 6) is -1.16. The number of esters is 1. The van der Waals surface area contributed by atoms with Crippen LogP contribution in [0.1, 0.15) is 31.1 Å². The highest BCUT2D eigenvalue weighted by Gasteiger charge is 2.17. The summed E-state index contributed by atoms with van der Waals surface area (Å²) in [6.45, 7) is -0.426. The number of benzene rings is 3. The number of thioether (sulfide) groups is 1. The van der Waals surface area contributed by atoms with E-state index < -0.39 is 12.6 Å². The van der Waals surface area contributed by atoms with Gasteiger partial charge in [0.2, 0.25) is 5.91 Å². The Kier molecular flexibility index (Phi) is 8.59. The van der Waals surface area contributed by atoms with E-state index in [9.17, 15) is 19.2 Å². The van der Waals surface area contributed by atoms with Crippen LogP contribution in [0.15, 0.2) is 83.8 Å². The fourth-order valence-electron chi connectivity index (χ4n) is 2.85. The van der Waals surface area contributed by atoms with E-state index in [0.717, 1.165) is 0 Å². The number of ketones is 1. The summed E-state index contributed by atoms with van der Waals surface area (Å²) in [4.78, 5) is 51.2. The molecule has 0 heterocycles. The van der Waals surface area contributed by atoms with Gasteiger partial charge >= 0.3 is 5.97 Å². The maximum atomic E-state index is 12.6. The number of ether oxygens (including phenoxy) is 1. The van der Waals surface area contributed by atoms with Crippen molar-refractivity contribution in [2.75, 3.05) is 31.8 Å². The Bertz CT molecular complexity index is 1180. The molecule has 0 spiro atoms. The summed E-state index contributed by atoms with van der Waals surface area (Å²) >= 11 is 1.24. The van der Waals surface area contributed by atoms with E-state index in [1.54, 1.807) is 86.9 Å². The monoisotopic (exact) mass is 476 g/mol. The predicted octanol–water partition coefficient (Wildman–Crippen LogP) is 4.16. The number of nitrogens with zero attached hydrogens (tertiary/aromatic N) is 1. The molecule has 0 bridgehead atoms. The number of Topliss-reactive ketones (excluding diaryl/α,β-unsaturated/α-hetero) is 1. The molecule has 174 valence electrons. The molecule has 0 fully saturated rings. The number of nitrogens with one attached hydrogen (secondary N) is 1. The number of anilines is 1. The van der Waals surface area contributed by atoms with Crippen LogP contribution in [0.3, 0.4) is 0 Å². The lowest BCUT2D eigenvalue weighted by Crippen LogP contribution is -2.23. The van der Waals surface area contributed by atoms with Gasteiger partial charge in [0.15, 0.2) is 12.4 Å². The summed E-state index contributed by atoms with van der Waals surface area (Å²) in [6.07, 6.45) is 0. The number of amides is 2. The quantitative estimate of drug-likeness (QED) is 0.283. The lowest BCUT2D eigenvalue weighted by molar-refractivity contribution is -0.125. The highest BCUT2D eigenvalue weighted by atomic mass is 32.2.